The zero-order chi connectivity index (χ0) is 15.0. The van der Waals surface area contributed by atoms with E-state index in [-0.39, 0.29) is 0 Å². The highest BCUT2D eigenvalue weighted by Crippen LogP contribution is 2.57. The van der Waals surface area contributed by atoms with Gasteiger partial charge in [-0.15, -0.1) is 0 Å². The topological polar surface area (TPSA) is 24.9 Å². The summed E-state index contributed by atoms with van der Waals surface area (Å²) in [6.07, 6.45) is 2.24. The first-order valence-electron chi connectivity index (χ1n) is 6.31. The summed E-state index contributed by atoms with van der Waals surface area (Å²) in [6, 6.07) is 0. The predicted octanol–water partition coefficient (Wildman–Crippen LogP) is 3.38. The Kier molecular flexibility index (Phi) is 11.2. The number of rotatable bonds is 6. The number of hydrogen-bond acceptors (Lipinski definition) is 4. The molecule has 0 heterocycles. The zero-order valence-corrected chi connectivity index (χ0v) is 15.8. The van der Waals surface area contributed by atoms with Crippen LogP contribution in [0.4, 0.5) is 0 Å². The van der Waals surface area contributed by atoms with Crippen molar-refractivity contribution >= 4 is 15.3 Å². The third kappa shape index (κ3) is 6.75. The van der Waals surface area contributed by atoms with Crippen LogP contribution in [0.1, 0.15) is 13.8 Å². The van der Waals surface area contributed by atoms with Crippen molar-refractivity contribution in [2.75, 3.05) is 68.1 Å². The lowest BCUT2D eigenvalue weighted by atomic mass is 11.0. The van der Waals surface area contributed by atoms with Gasteiger partial charge in [-0.3, -0.25) is 0 Å². The van der Waals surface area contributed by atoms with Crippen LogP contribution in [0.15, 0.2) is 0 Å². The predicted molar refractivity (Wildman–Crippen MR) is 88.2 cm³/mol. The molecule has 0 fully saturated rings. The molecule has 2 atom stereocenters. The molecule has 0 amide bonds. The molecule has 112 valence electrons. The van der Waals surface area contributed by atoms with Crippen LogP contribution in [0.5, 0.6) is 0 Å². The SMILES string of the molecule is CC[P+](C)(OC)N(C)C.CC[P+](C)(OC)N(C)C. The van der Waals surface area contributed by atoms with Gasteiger partial charge in [0.1, 0.15) is 0 Å². The minimum absolute atomic E-state index is 1.12. The quantitative estimate of drug-likeness (QED) is 0.702. The van der Waals surface area contributed by atoms with Gasteiger partial charge in [-0.05, 0) is 13.8 Å². The summed E-state index contributed by atoms with van der Waals surface area (Å²) in [5.74, 6) is 0. The average Bonchev–Trinajstić information content (AvgIpc) is 2.36. The Balaban J connectivity index is 0. The lowest BCUT2D eigenvalue weighted by molar-refractivity contribution is 0.401. The van der Waals surface area contributed by atoms with Crippen LogP contribution in [0.25, 0.3) is 0 Å². The first kappa shape index (κ1) is 21.0. The molecular weight excluding hydrogens is 266 g/mol. The Hall–Kier alpha value is 0.700. The third-order valence-electron chi connectivity index (χ3n) is 3.65. The van der Waals surface area contributed by atoms with E-state index < -0.39 is 15.3 Å². The Bertz CT molecular complexity index is 184. The molecule has 0 aliphatic carbocycles. The molecule has 0 aliphatic heterocycles. The van der Waals surface area contributed by atoms with E-state index >= 15 is 0 Å². The van der Waals surface area contributed by atoms with Crippen molar-refractivity contribution in [3.8, 4) is 0 Å². The number of hydrogen-bond donors (Lipinski definition) is 0. The maximum absolute atomic E-state index is 5.39. The Morgan fingerprint density at radius 3 is 0.944 bits per heavy atom. The number of nitrogens with zero attached hydrogens (tertiary/aromatic N) is 2. The minimum atomic E-state index is -1.17. The van der Waals surface area contributed by atoms with E-state index in [1.807, 2.05) is 0 Å². The van der Waals surface area contributed by atoms with Crippen LogP contribution < -0.4 is 0 Å². The largest absolute Gasteiger partial charge is 0.223 e. The summed E-state index contributed by atoms with van der Waals surface area (Å²) in [5.41, 5.74) is 0. The summed E-state index contributed by atoms with van der Waals surface area (Å²) >= 11 is 0. The van der Waals surface area contributed by atoms with E-state index in [0.717, 1.165) is 12.3 Å². The first-order valence-corrected chi connectivity index (χ1v) is 10.9. The third-order valence-corrected chi connectivity index (χ3v) is 11.0. The van der Waals surface area contributed by atoms with Gasteiger partial charge in [0.25, 0.3) is 0 Å². The van der Waals surface area contributed by atoms with Gasteiger partial charge in [0.05, 0.1) is 39.9 Å². The fourth-order valence-corrected chi connectivity index (χ4v) is 3.45. The molecular formula is C12H34N2O2P2+2. The van der Waals surface area contributed by atoms with Gasteiger partial charge in [-0.1, -0.05) is 0 Å². The smallest absolute Gasteiger partial charge is 0.211 e. The molecule has 0 saturated carbocycles. The molecule has 0 spiro atoms. The molecule has 18 heavy (non-hydrogen) atoms. The average molecular weight is 300 g/mol. The molecule has 0 aliphatic rings. The maximum Gasteiger partial charge on any atom is 0.211 e. The van der Waals surface area contributed by atoms with Crippen molar-refractivity contribution in [3.63, 3.8) is 0 Å². The van der Waals surface area contributed by atoms with Crippen LogP contribution in [-0.2, 0) is 9.05 Å². The molecule has 0 N–H and O–H groups in total. The fourth-order valence-electron chi connectivity index (χ4n) is 1.15. The molecule has 0 aromatic rings. The van der Waals surface area contributed by atoms with Crippen molar-refractivity contribution < 1.29 is 9.05 Å². The van der Waals surface area contributed by atoms with Crippen molar-refractivity contribution in [2.24, 2.45) is 0 Å². The van der Waals surface area contributed by atoms with Gasteiger partial charge in [-0.25, -0.2) is 9.05 Å². The van der Waals surface area contributed by atoms with E-state index in [0.29, 0.717) is 0 Å². The van der Waals surface area contributed by atoms with Crippen LogP contribution in [-0.4, -0.2) is 77.4 Å². The van der Waals surface area contributed by atoms with Crippen molar-refractivity contribution in [2.45, 2.75) is 13.8 Å². The summed E-state index contributed by atoms with van der Waals surface area (Å²) < 4.78 is 15.1. The van der Waals surface area contributed by atoms with E-state index in [1.54, 1.807) is 14.2 Å². The molecule has 0 radical (unpaired) electrons. The zero-order valence-electron chi connectivity index (χ0n) is 14.0. The second-order valence-electron chi connectivity index (χ2n) is 4.79. The molecule has 0 saturated heterocycles. The monoisotopic (exact) mass is 300 g/mol. The van der Waals surface area contributed by atoms with Crippen molar-refractivity contribution in [3.05, 3.63) is 0 Å². The van der Waals surface area contributed by atoms with Crippen LogP contribution in [0.3, 0.4) is 0 Å². The van der Waals surface area contributed by atoms with Crippen LogP contribution in [0.2, 0.25) is 0 Å². The highest BCUT2D eigenvalue weighted by Gasteiger charge is 2.33. The van der Waals surface area contributed by atoms with Gasteiger partial charge < -0.3 is 0 Å². The molecule has 2 unspecified atom stereocenters. The molecule has 0 aromatic carbocycles. The standard InChI is InChI=1S/2C6H17NOP/c2*1-6-9(5,8-4)7(2)3/h2*6H2,1-5H3/q2*+1. The van der Waals surface area contributed by atoms with Gasteiger partial charge in [0.2, 0.25) is 15.3 Å². The normalized spacial score (nSPS) is 18.0. The second-order valence-corrected chi connectivity index (χ2v) is 12.6. The van der Waals surface area contributed by atoms with E-state index in [1.165, 1.54) is 0 Å². The van der Waals surface area contributed by atoms with Crippen LogP contribution in [0, 0.1) is 0 Å². The van der Waals surface area contributed by atoms with Gasteiger partial charge in [-0.2, -0.15) is 9.34 Å². The second kappa shape index (κ2) is 9.58. The highest BCUT2D eigenvalue weighted by atomic mass is 31.2. The summed E-state index contributed by atoms with van der Waals surface area (Å²) in [7, 11) is 9.52. The Morgan fingerprint density at radius 2 is 0.944 bits per heavy atom. The lowest BCUT2D eigenvalue weighted by Crippen LogP contribution is -2.16. The van der Waals surface area contributed by atoms with Crippen molar-refractivity contribution in [1.82, 2.24) is 9.34 Å². The van der Waals surface area contributed by atoms with E-state index in [2.05, 4.69) is 64.7 Å². The van der Waals surface area contributed by atoms with E-state index in [9.17, 15) is 0 Å². The summed E-state index contributed by atoms with van der Waals surface area (Å²) in [6.45, 7) is 8.70. The summed E-state index contributed by atoms with van der Waals surface area (Å²) in [4.78, 5) is 0. The van der Waals surface area contributed by atoms with Gasteiger partial charge in [0.15, 0.2) is 0 Å². The highest BCUT2D eigenvalue weighted by molar-refractivity contribution is 7.68. The van der Waals surface area contributed by atoms with Crippen LogP contribution >= 0.6 is 15.3 Å². The first-order chi connectivity index (χ1) is 8.13. The van der Waals surface area contributed by atoms with E-state index in [4.69, 9.17) is 9.05 Å². The molecule has 0 rings (SSSR count). The van der Waals surface area contributed by atoms with Gasteiger partial charge >= 0.3 is 0 Å². The summed E-state index contributed by atoms with van der Waals surface area (Å²) in [5, 5.41) is 0. The van der Waals surface area contributed by atoms with Crippen molar-refractivity contribution in [1.29, 1.82) is 0 Å². The molecule has 6 heteroatoms. The lowest BCUT2D eigenvalue weighted by Gasteiger charge is -2.23. The minimum Gasteiger partial charge on any atom is -0.223 e. The molecule has 4 nitrogen and oxygen atoms in total. The van der Waals surface area contributed by atoms with Gasteiger partial charge in [0, 0.05) is 28.2 Å². The maximum atomic E-state index is 5.39. The fraction of sp³-hybridized carbons (Fsp3) is 1.00. The Morgan fingerprint density at radius 1 is 0.722 bits per heavy atom. The molecule has 0 bridgehead atoms. The Labute approximate surface area is 116 Å². The molecule has 0 aromatic heterocycles.